The van der Waals surface area contributed by atoms with Crippen LogP contribution in [0.2, 0.25) is 0 Å². The number of pyridine rings is 1. The Morgan fingerprint density at radius 2 is 2.10 bits per heavy atom. The Morgan fingerprint density at radius 1 is 1.38 bits per heavy atom. The smallest absolute Gasteiger partial charge is 0.260 e. The van der Waals surface area contributed by atoms with Gasteiger partial charge in [-0.15, -0.1) is 0 Å². The van der Waals surface area contributed by atoms with Crippen molar-refractivity contribution in [2.24, 2.45) is 5.92 Å². The zero-order valence-corrected chi connectivity index (χ0v) is 13.3. The molecule has 1 amide bonds. The first-order chi connectivity index (χ1) is 9.86. The third-order valence-electron chi connectivity index (χ3n) is 2.52. The maximum absolute atomic E-state index is 12.2. The molecule has 0 aliphatic carbocycles. The van der Waals surface area contributed by atoms with Crippen molar-refractivity contribution in [3.8, 4) is 0 Å². The quantitative estimate of drug-likeness (QED) is 0.651. The molecule has 1 heterocycles. The molecular formula is C13H22N4O3S. The standard InChI is InChI=1S/C13H22N4O3S/c1-4-14-11-6-5-7-15-13(11)21(19,20)17-9-12(18)16-8-10(2)3/h5-7,10,14,17H,4,8-9H2,1-3H3,(H,16,18). The minimum absolute atomic E-state index is 0.108. The van der Waals surface area contributed by atoms with Gasteiger partial charge in [0, 0.05) is 19.3 Å². The van der Waals surface area contributed by atoms with Crippen molar-refractivity contribution in [2.45, 2.75) is 25.8 Å². The van der Waals surface area contributed by atoms with E-state index in [1.807, 2.05) is 20.8 Å². The van der Waals surface area contributed by atoms with Crippen LogP contribution in [0.4, 0.5) is 5.69 Å². The van der Waals surface area contributed by atoms with Crippen LogP contribution in [0.25, 0.3) is 0 Å². The molecule has 1 aromatic rings. The molecule has 3 N–H and O–H groups in total. The third kappa shape index (κ3) is 5.68. The molecule has 0 saturated heterocycles. The molecule has 0 aliphatic heterocycles. The van der Waals surface area contributed by atoms with E-state index in [4.69, 9.17) is 0 Å². The van der Waals surface area contributed by atoms with Crippen LogP contribution >= 0.6 is 0 Å². The molecule has 0 saturated carbocycles. The average molecular weight is 314 g/mol. The van der Waals surface area contributed by atoms with Crippen molar-refractivity contribution >= 4 is 21.6 Å². The van der Waals surface area contributed by atoms with Crippen LogP contribution < -0.4 is 15.4 Å². The van der Waals surface area contributed by atoms with Crippen LogP contribution in [0.3, 0.4) is 0 Å². The lowest BCUT2D eigenvalue weighted by Gasteiger charge is -2.11. The molecule has 0 aromatic carbocycles. The highest BCUT2D eigenvalue weighted by Crippen LogP contribution is 2.17. The summed E-state index contributed by atoms with van der Waals surface area (Å²) in [5, 5.41) is 5.46. The summed E-state index contributed by atoms with van der Waals surface area (Å²) in [5.74, 6) is -0.0603. The van der Waals surface area contributed by atoms with Crippen LogP contribution in [0.15, 0.2) is 23.4 Å². The minimum Gasteiger partial charge on any atom is -0.383 e. The molecule has 0 radical (unpaired) electrons. The predicted molar refractivity (Wildman–Crippen MR) is 81.4 cm³/mol. The van der Waals surface area contributed by atoms with Gasteiger partial charge in [0.25, 0.3) is 10.0 Å². The molecule has 118 valence electrons. The molecule has 0 unspecified atom stereocenters. The molecular weight excluding hydrogens is 292 g/mol. The highest BCUT2D eigenvalue weighted by Gasteiger charge is 2.20. The van der Waals surface area contributed by atoms with Crippen LogP contribution in [-0.4, -0.2) is 38.9 Å². The molecule has 1 aromatic heterocycles. The molecule has 0 bridgehead atoms. The van der Waals surface area contributed by atoms with E-state index >= 15 is 0 Å². The van der Waals surface area contributed by atoms with Crippen molar-refractivity contribution in [1.29, 1.82) is 0 Å². The number of nitrogens with one attached hydrogen (secondary N) is 3. The van der Waals surface area contributed by atoms with E-state index < -0.39 is 10.0 Å². The predicted octanol–water partition coefficient (Wildman–Crippen LogP) is 0.564. The highest BCUT2D eigenvalue weighted by molar-refractivity contribution is 7.89. The number of rotatable bonds is 8. The first kappa shape index (κ1) is 17.4. The maximum atomic E-state index is 12.2. The maximum Gasteiger partial charge on any atom is 0.260 e. The molecule has 1 rings (SSSR count). The van der Waals surface area contributed by atoms with Gasteiger partial charge in [-0.25, -0.2) is 18.1 Å². The molecule has 0 atom stereocenters. The first-order valence-corrected chi connectivity index (χ1v) is 8.30. The van der Waals surface area contributed by atoms with Crippen molar-refractivity contribution in [3.63, 3.8) is 0 Å². The summed E-state index contributed by atoms with van der Waals surface area (Å²) in [7, 11) is -3.83. The van der Waals surface area contributed by atoms with Crippen LogP contribution in [0, 0.1) is 5.92 Å². The Morgan fingerprint density at radius 3 is 2.71 bits per heavy atom. The Kier molecular flexibility index (Phi) is 6.57. The summed E-state index contributed by atoms with van der Waals surface area (Å²) >= 11 is 0. The topological polar surface area (TPSA) is 100 Å². The zero-order valence-electron chi connectivity index (χ0n) is 12.5. The van der Waals surface area contributed by atoms with E-state index in [-0.39, 0.29) is 17.5 Å². The number of nitrogens with zero attached hydrogens (tertiary/aromatic N) is 1. The Labute approximate surface area is 125 Å². The fraction of sp³-hybridized carbons (Fsp3) is 0.538. The van der Waals surface area contributed by atoms with Crippen molar-refractivity contribution in [2.75, 3.05) is 25.0 Å². The van der Waals surface area contributed by atoms with Crippen LogP contribution in [0.1, 0.15) is 20.8 Å². The molecule has 0 aliphatic rings. The number of hydrogen-bond acceptors (Lipinski definition) is 5. The third-order valence-corrected chi connectivity index (χ3v) is 3.88. The molecule has 8 heteroatoms. The van der Waals surface area contributed by atoms with E-state index in [9.17, 15) is 13.2 Å². The van der Waals surface area contributed by atoms with E-state index in [1.165, 1.54) is 6.20 Å². The van der Waals surface area contributed by atoms with E-state index in [2.05, 4.69) is 20.3 Å². The molecule has 7 nitrogen and oxygen atoms in total. The second-order valence-electron chi connectivity index (χ2n) is 4.91. The van der Waals surface area contributed by atoms with Gasteiger partial charge in [-0.1, -0.05) is 13.8 Å². The van der Waals surface area contributed by atoms with Crippen molar-refractivity contribution in [3.05, 3.63) is 18.3 Å². The zero-order chi connectivity index (χ0) is 15.9. The first-order valence-electron chi connectivity index (χ1n) is 6.82. The number of carbonyl (C=O) groups excluding carboxylic acids is 1. The minimum atomic E-state index is -3.83. The molecule has 0 spiro atoms. The lowest BCUT2D eigenvalue weighted by molar-refractivity contribution is -0.120. The van der Waals surface area contributed by atoms with Gasteiger partial charge in [-0.05, 0) is 25.0 Å². The van der Waals surface area contributed by atoms with Crippen molar-refractivity contribution < 1.29 is 13.2 Å². The number of hydrogen-bond donors (Lipinski definition) is 3. The second-order valence-corrected chi connectivity index (χ2v) is 6.59. The second kappa shape index (κ2) is 7.94. The Balaban J connectivity index is 2.72. The van der Waals surface area contributed by atoms with E-state index in [1.54, 1.807) is 12.1 Å². The van der Waals surface area contributed by atoms with Crippen LogP contribution in [-0.2, 0) is 14.8 Å². The summed E-state index contributed by atoms with van der Waals surface area (Å²) < 4.78 is 26.6. The number of aromatic nitrogens is 1. The van der Waals surface area contributed by atoms with Gasteiger partial charge in [0.15, 0.2) is 5.03 Å². The van der Waals surface area contributed by atoms with Gasteiger partial charge in [-0.2, -0.15) is 0 Å². The van der Waals surface area contributed by atoms with Gasteiger partial charge < -0.3 is 10.6 Å². The molecule has 0 fully saturated rings. The Bertz CT molecular complexity index is 573. The van der Waals surface area contributed by atoms with Gasteiger partial charge in [0.05, 0.1) is 12.2 Å². The fourth-order valence-corrected chi connectivity index (χ4v) is 2.63. The van der Waals surface area contributed by atoms with E-state index in [0.29, 0.717) is 24.7 Å². The average Bonchev–Trinajstić information content (AvgIpc) is 2.44. The Hall–Kier alpha value is -1.67. The normalized spacial score (nSPS) is 11.4. The summed E-state index contributed by atoms with van der Waals surface area (Å²) in [6.45, 7) is 6.55. The van der Waals surface area contributed by atoms with Crippen molar-refractivity contribution in [1.82, 2.24) is 15.0 Å². The van der Waals surface area contributed by atoms with Crippen LogP contribution in [0.5, 0.6) is 0 Å². The number of carbonyl (C=O) groups is 1. The summed E-state index contributed by atoms with van der Waals surface area (Å²) in [4.78, 5) is 15.4. The fourth-order valence-electron chi connectivity index (χ4n) is 1.54. The lowest BCUT2D eigenvalue weighted by atomic mass is 10.2. The number of amides is 1. The number of sulfonamides is 1. The number of anilines is 1. The molecule has 21 heavy (non-hydrogen) atoms. The lowest BCUT2D eigenvalue weighted by Crippen LogP contribution is -2.38. The summed E-state index contributed by atoms with van der Waals surface area (Å²) in [6, 6.07) is 3.27. The van der Waals surface area contributed by atoms with Gasteiger partial charge in [0.1, 0.15) is 0 Å². The van der Waals surface area contributed by atoms with Gasteiger partial charge >= 0.3 is 0 Å². The highest BCUT2D eigenvalue weighted by atomic mass is 32.2. The monoisotopic (exact) mass is 314 g/mol. The SMILES string of the molecule is CCNc1cccnc1S(=O)(=O)NCC(=O)NCC(C)C. The largest absolute Gasteiger partial charge is 0.383 e. The van der Waals surface area contributed by atoms with E-state index in [0.717, 1.165) is 0 Å². The summed E-state index contributed by atoms with van der Waals surface area (Å²) in [5.41, 5.74) is 0.412. The summed E-state index contributed by atoms with van der Waals surface area (Å²) in [6.07, 6.45) is 1.40. The van der Waals surface area contributed by atoms with Gasteiger partial charge in [-0.3, -0.25) is 4.79 Å². The van der Waals surface area contributed by atoms with Gasteiger partial charge in [0.2, 0.25) is 5.91 Å².